The van der Waals surface area contributed by atoms with Crippen LogP contribution in [-0.4, -0.2) is 68.0 Å². The average molecular weight is 498 g/mol. The Morgan fingerprint density at radius 1 is 1.11 bits per heavy atom. The van der Waals surface area contributed by atoms with Crippen molar-refractivity contribution in [1.29, 1.82) is 0 Å². The highest BCUT2D eigenvalue weighted by Crippen LogP contribution is 2.09. The number of nitrogens with one attached hydrogen (secondary N) is 1. The lowest BCUT2D eigenvalue weighted by molar-refractivity contribution is 0.0657. The third-order valence-electron chi connectivity index (χ3n) is 4.45. The monoisotopic (exact) mass is 498 g/mol. The van der Waals surface area contributed by atoms with Gasteiger partial charge in [0.15, 0.2) is 11.7 Å². The number of aliphatic imine (C=N–C) groups is 1. The largest absolute Gasteiger partial charge is 0.459 e. The van der Waals surface area contributed by atoms with Gasteiger partial charge in [0, 0.05) is 39.8 Å². The van der Waals surface area contributed by atoms with Crippen molar-refractivity contribution >= 4 is 35.8 Å². The highest BCUT2D eigenvalue weighted by atomic mass is 127. The second kappa shape index (κ2) is 11.7. The molecule has 0 unspecified atom stereocenters. The number of rotatable bonds is 6. The number of nitrogens with zero attached hydrogens (tertiary/aromatic N) is 3. The van der Waals surface area contributed by atoms with Crippen molar-refractivity contribution in [2.24, 2.45) is 4.99 Å². The summed E-state index contributed by atoms with van der Waals surface area (Å²) < 4.78 is 10.9. The van der Waals surface area contributed by atoms with Crippen LogP contribution in [0.3, 0.4) is 0 Å². The van der Waals surface area contributed by atoms with Crippen LogP contribution in [-0.2, 0) is 11.3 Å². The Hall–Kier alpha value is -2.07. The number of carbonyl (C=O) groups is 1. The molecule has 1 aliphatic rings. The summed E-state index contributed by atoms with van der Waals surface area (Å²) >= 11 is 0. The van der Waals surface area contributed by atoms with Crippen LogP contribution in [0, 0.1) is 0 Å². The quantitative estimate of drug-likeness (QED) is 0.287. The van der Waals surface area contributed by atoms with Gasteiger partial charge in [-0.15, -0.1) is 24.0 Å². The molecule has 28 heavy (non-hydrogen) atoms. The van der Waals surface area contributed by atoms with Crippen molar-refractivity contribution in [3.05, 3.63) is 60.1 Å². The summed E-state index contributed by atoms with van der Waals surface area (Å²) in [7, 11) is 1.77. The molecule has 2 heterocycles. The van der Waals surface area contributed by atoms with Gasteiger partial charge in [0.1, 0.15) is 0 Å². The van der Waals surface area contributed by atoms with Gasteiger partial charge in [0.05, 0.1) is 19.5 Å². The van der Waals surface area contributed by atoms with Gasteiger partial charge < -0.3 is 24.3 Å². The van der Waals surface area contributed by atoms with Crippen LogP contribution in [0.2, 0.25) is 0 Å². The molecule has 0 radical (unpaired) electrons. The first-order valence-electron chi connectivity index (χ1n) is 9.18. The fourth-order valence-electron chi connectivity index (χ4n) is 3.01. The number of carbonyl (C=O) groups excluding carboxylic acids is 1. The number of amides is 1. The van der Waals surface area contributed by atoms with E-state index in [4.69, 9.17) is 9.15 Å². The highest BCUT2D eigenvalue weighted by Gasteiger charge is 2.24. The lowest BCUT2D eigenvalue weighted by Gasteiger charge is -2.36. The summed E-state index contributed by atoms with van der Waals surface area (Å²) in [5, 5.41) is 3.33. The Morgan fingerprint density at radius 3 is 2.46 bits per heavy atom. The zero-order chi connectivity index (χ0) is 18.9. The molecule has 0 bridgehead atoms. The molecule has 8 heteroatoms. The Bertz CT molecular complexity index is 729. The zero-order valence-electron chi connectivity index (χ0n) is 16.0. The molecule has 1 aliphatic heterocycles. The van der Waals surface area contributed by atoms with E-state index in [0.29, 0.717) is 38.6 Å². The molecule has 2 aromatic rings. The van der Waals surface area contributed by atoms with Crippen molar-refractivity contribution in [1.82, 2.24) is 15.1 Å². The molecule has 1 N–H and O–H groups in total. The molecule has 7 nitrogen and oxygen atoms in total. The third kappa shape index (κ3) is 6.23. The van der Waals surface area contributed by atoms with Crippen molar-refractivity contribution in [3.63, 3.8) is 0 Å². The summed E-state index contributed by atoms with van der Waals surface area (Å²) in [6, 6.07) is 13.5. The highest BCUT2D eigenvalue weighted by molar-refractivity contribution is 14.0. The molecule has 1 aromatic carbocycles. The van der Waals surface area contributed by atoms with Crippen LogP contribution < -0.4 is 5.32 Å². The Kier molecular flexibility index (Phi) is 9.29. The smallest absolute Gasteiger partial charge is 0.289 e. The molecule has 1 saturated heterocycles. The van der Waals surface area contributed by atoms with Crippen LogP contribution in [0.25, 0.3) is 0 Å². The number of benzene rings is 1. The first-order chi connectivity index (χ1) is 13.3. The minimum atomic E-state index is -0.0584. The molecule has 1 aromatic heterocycles. The lowest BCUT2D eigenvalue weighted by atomic mass is 10.2. The molecular formula is C20H27IN4O3. The number of piperazine rings is 1. The second-order valence-electron chi connectivity index (χ2n) is 6.27. The molecule has 3 rings (SSSR count). The van der Waals surface area contributed by atoms with E-state index in [1.807, 2.05) is 23.1 Å². The van der Waals surface area contributed by atoms with Gasteiger partial charge in [-0.25, -0.2) is 0 Å². The van der Waals surface area contributed by atoms with Gasteiger partial charge in [-0.1, -0.05) is 30.3 Å². The minimum absolute atomic E-state index is 0. The van der Waals surface area contributed by atoms with Crippen molar-refractivity contribution < 1.29 is 13.9 Å². The number of hydrogen-bond donors (Lipinski definition) is 1. The van der Waals surface area contributed by atoms with E-state index < -0.39 is 0 Å². The van der Waals surface area contributed by atoms with Crippen LogP contribution in [0.5, 0.6) is 0 Å². The van der Waals surface area contributed by atoms with E-state index >= 15 is 0 Å². The standard InChI is InChI=1S/C20H26N4O3.HI/c1-21-20(22-9-15-26-16-17-6-3-2-4-7-17)24-12-10-23(11-13-24)19(25)18-8-5-14-27-18;/h2-8,14H,9-13,15-16H2,1H3,(H,21,22);1H. The van der Waals surface area contributed by atoms with Gasteiger partial charge in [-0.2, -0.15) is 0 Å². The SMILES string of the molecule is CN=C(NCCOCc1ccccc1)N1CCN(C(=O)c2ccco2)CC1.I. The van der Waals surface area contributed by atoms with E-state index in [9.17, 15) is 4.79 Å². The minimum Gasteiger partial charge on any atom is -0.459 e. The molecule has 0 spiro atoms. The van der Waals surface area contributed by atoms with Crippen LogP contribution in [0.1, 0.15) is 16.1 Å². The Balaban J connectivity index is 0.00000280. The molecule has 0 aliphatic carbocycles. The fraction of sp³-hybridized carbons (Fsp3) is 0.400. The van der Waals surface area contributed by atoms with Crippen molar-refractivity contribution in [2.75, 3.05) is 46.4 Å². The second-order valence-corrected chi connectivity index (χ2v) is 6.27. The molecule has 0 atom stereocenters. The first kappa shape index (κ1) is 22.2. The van der Waals surface area contributed by atoms with Crippen LogP contribution in [0.15, 0.2) is 58.1 Å². The van der Waals surface area contributed by atoms with Crippen molar-refractivity contribution in [3.8, 4) is 0 Å². The number of ether oxygens (including phenoxy) is 1. The third-order valence-corrected chi connectivity index (χ3v) is 4.45. The predicted octanol–water partition coefficient (Wildman–Crippen LogP) is 2.45. The van der Waals surface area contributed by atoms with Crippen LogP contribution in [0.4, 0.5) is 0 Å². The maximum Gasteiger partial charge on any atom is 0.289 e. The zero-order valence-corrected chi connectivity index (χ0v) is 18.4. The summed E-state index contributed by atoms with van der Waals surface area (Å²) in [5.74, 6) is 1.17. The molecule has 1 amide bonds. The summed E-state index contributed by atoms with van der Waals surface area (Å²) in [5.41, 5.74) is 1.17. The van der Waals surface area contributed by atoms with Crippen LogP contribution >= 0.6 is 24.0 Å². The first-order valence-corrected chi connectivity index (χ1v) is 9.18. The van der Waals surface area contributed by atoms with E-state index in [2.05, 4.69) is 27.3 Å². The fourth-order valence-corrected chi connectivity index (χ4v) is 3.01. The van der Waals surface area contributed by atoms with Crippen molar-refractivity contribution in [2.45, 2.75) is 6.61 Å². The van der Waals surface area contributed by atoms with E-state index in [-0.39, 0.29) is 29.9 Å². The molecule has 152 valence electrons. The summed E-state index contributed by atoms with van der Waals surface area (Å²) in [6.45, 7) is 4.65. The lowest BCUT2D eigenvalue weighted by Crippen LogP contribution is -2.54. The Morgan fingerprint density at radius 2 is 1.82 bits per heavy atom. The maximum absolute atomic E-state index is 12.3. The molecular weight excluding hydrogens is 471 g/mol. The number of guanidine groups is 1. The van der Waals surface area contributed by atoms with E-state index in [1.54, 1.807) is 19.2 Å². The Labute approximate surface area is 182 Å². The molecule has 0 saturated carbocycles. The van der Waals surface area contributed by atoms with Gasteiger partial charge in [-0.3, -0.25) is 9.79 Å². The molecule has 1 fully saturated rings. The van der Waals surface area contributed by atoms with Gasteiger partial charge in [-0.05, 0) is 17.7 Å². The number of furan rings is 1. The number of hydrogen-bond acceptors (Lipinski definition) is 4. The van der Waals surface area contributed by atoms with Gasteiger partial charge in [0.2, 0.25) is 0 Å². The van der Waals surface area contributed by atoms with Gasteiger partial charge >= 0.3 is 0 Å². The summed E-state index contributed by atoms with van der Waals surface area (Å²) in [6.07, 6.45) is 1.52. The maximum atomic E-state index is 12.3. The predicted molar refractivity (Wildman–Crippen MR) is 119 cm³/mol. The topological polar surface area (TPSA) is 70.3 Å². The summed E-state index contributed by atoms with van der Waals surface area (Å²) in [4.78, 5) is 20.6. The number of halogens is 1. The van der Waals surface area contributed by atoms with E-state index in [1.165, 1.54) is 11.8 Å². The normalized spacial score (nSPS) is 14.5. The van der Waals surface area contributed by atoms with E-state index in [0.717, 1.165) is 19.0 Å². The van der Waals surface area contributed by atoms with Gasteiger partial charge in [0.25, 0.3) is 5.91 Å². The average Bonchev–Trinajstić information content (AvgIpc) is 3.26.